The van der Waals surface area contributed by atoms with Gasteiger partial charge in [-0.2, -0.15) is 0 Å². The first kappa shape index (κ1) is 47.5. The number of carbonyl (C=O) groups is 2. The molecule has 0 bridgehead atoms. The van der Waals surface area contributed by atoms with Crippen LogP contribution < -0.4 is 10.6 Å². The Morgan fingerprint density at radius 3 is 1.97 bits per heavy atom. The molecule has 3 N–H and O–H groups in total. The number of hydrogen-bond acceptors (Lipinski definition) is 10. The lowest BCUT2D eigenvalue weighted by atomic mass is 9.83. The highest BCUT2D eigenvalue weighted by molar-refractivity contribution is 7.53. The fraction of sp³-hybridized carbons (Fsp3) is 0.458. The van der Waals surface area contributed by atoms with Crippen LogP contribution in [0.2, 0.25) is 0 Å². The molecule has 1 fully saturated rings. The Balaban J connectivity index is 1.27. The van der Waals surface area contributed by atoms with Gasteiger partial charge >= 0.3 is 7.60 Å². The van der Waals surface area contributed by atoms with Crippen LogP contribution in [0.25, 0.3) is 0 Å². The highest BCUT2D eigenvalue weighted by Crippen LogP contribution is 2.50. The van der Waals surface area contributed by atoms with E-state index < -0.39 is 43.5 Å². The Bertz CT molecular complexity index is 2140. The highest BCUT2D eigenvalue weighted by atomic mass is 31.2. The van der Waals surface area contributed by atoms with Gasteiger partial charge in [-0.1, -0.05) is 123 Å². The molecule has 1 saturated carbocycles. The van der Waals surface area contributed by atoms with Gasteiger partial charge in [0, 0.05) is 30.7 Å². The maximum Gasteiger partial charge on any atom is 0.331 e. The van der Waals surface area contributed by atoms with Crippen molar-refractivity contribution in [3.63, 3.8) is 0 Å². The summed E-state index contributed by atoms with van der Waals surface area (Å²) < 4.78 is 40.9. The molecular weight excluding hydrogens is 820 g/mol. The Labute approximate surface area is 371 Å². The van der Waals surface area contributed by atoms with E-state index in [-0.39, 0.29) is 51.6 Å². The minimum atomic E-state index is -3.70. The second-order valence-electron chi connectivity index (χ2n) is 16.1. The topological polar surface area (TPSA) is 168 Å². The summed E-state index contributed by atoms with van der Waals surface area (Å²) >= 11 is 0. The minimum absolute atomic E-state index is 0.0487. The van der Waals surface area contributed by atoms with E-state index in [0.717, 1.165) is 48.8 Å². The van der Waals surface area contributed by atoms with Crippen molar-refractivity contribution in [1.29, 1.82) is 0 Å². The second-order valence-corrected chi connectivity index (χ2v) is 18.2. The van der Waals surface area contributed by atoms with Crippen LogP contribution in [-0.2, 0) is 72.2 Å². The average molecular weight is 883 g/mol. The summed E-state index contributed by atoms with van der Waals surface area (Å²) in [5.41, 5.74) is 3.53. The van der Waals surface area contributed by atoms with Gasteiger partial charge in [0.1, 0.15) is 31.4 Å². The number of imidazole rings is 2. The molecular formula is C48H63N6O8P. The molecule has 5 aromatic rings. The Hall–Kier alpha value is -4.95. The van der Waals surface area contributed by atoms with Crippen molar-refractivity contribution in [3.05, 3.63) is 144 Å². The van der Waals surface area contributed by atoms with Crippen LogP contribution in [0.1, 0.15) is 86.7 Å². The fourth-order valence-electron chi connectivity index (χ4n) is 8.17. The third kappa shape index (κ3) is 14.8. The largest absolute Gasteiger partial charge is 0.383 e. The molecule has 4 atom stereocenters. The van der Waals surface area contributed by atoms with Gasteiger partial charge in [0.15, 0.2) is 0 Å². The third-order valence-corrected chi connectivity index (χ3v) is 13.5. The van der Waals surface area contributed by atoms with Crippen LogP contribution in [0.4, 0.5) is 0 Å². The molecule has 1 unspecified atom stereocenters. The van der Waals surface area contributed by atoms with Crippen LogP contribution in [0.5, 0.6) is 0 Å². The van der Waals surface area contributed by atoms with E-state index >= 15 is 0 Å². The van der Waals surface area contributed by atoms with Gasteiger partial charge in [0.05, 0.1) is 50.9 Å². The predicted octanol–water partition coefficient (Wildman–Crippen LogP) is 7.77. The lowest BCUT2D eigenvalue weighted by Gasteiger charge is -2.32. The van der Waals surface area contributed by atoms with E-state index in [1.54, 1.807) is 47.9 Å². The number of amides is 2. The van der Waals surface area contributed by atoms with Crippen molar-refractivity contribution in [2.75, 3.05) is 19.4 Å². The van der Waals surface area contributed by atoms with E-state index in [0.29, 0.717) is 31.2 Å². The van der Waals surface area contributed by atoms with Crippen LogP contribution in [0.3, 0.4) is 0 Å². The molecule has 2 heterocycles. The van der Waals surface area contributed by atoms with Gasteiger partial charge in [-0.15, -0.1) is 0 Å². The summed E-state index contributed by atoms with van der Waals surface area (Å²) in [4.78, 5) is 38.4. The van der Waals surface area contributed by atoms with Crippen molar-refractivity contribution in [1.82, 2.24) is 29.7 Å². The Kier molecular flexibility index (Phi) is 18.7. The molecule has 2 aromatic heterocycles. The molecule has 1 aliphatic carbocycles. The Morgan fingerprint density at radius 1 is 0.778 bits per heavy atom. The van der Waals surface area contributed by atoms with E-state index in [1.807, 2.05) is 91.0 Å². The van der Waals surface area contributed by atoms with E-state index in [1.165, 1.54) is 0 Å². The van der Waals surface area contributed by atoms with Crippen molar-refractivity contribution in [2.24, 2.45) is 11.8 Å². The summed E-state index contributed by atoms with van der Waals surface area (Å²) in [7, 11) is -3.70. The lowest BCUT2D eigenvalue weighted by Crippen LogP contribution is -2.54. The quantitative estimate of drug-likeness (QED) is 0.0467. The van der Waals surface area contributed by atoms with E-state index in [2.05, 4.69) is 20.6 Å². The number of ether oxygens (including phenoxy) is 2. The van der Waals surface area contributed by atoms with Gasteiger partial charge in [-0.05, 0) is 49.3 Å². The highest BCUT2D eigenvalue weighted by Gasteiger charge is 2.37. The zero-order valence-corrected chi connectivity index (χ0v) is 37.4. The second kappa shape index (κ2) is 24.8. The van der Waals surface area contributed by atoms with Crippen molar-refractivity contribution in [3.8, 4) is 0 Å². The minimum Gasteiger partial charge on any atom is -0.383 e. The standard InChI is InChI=1S/C48H63N6O8P/c1-3-61-63(58,62-4-2)33-41(27-37-17-9-5-10-18-37)47(56)52-44(29-42-30-49-34-54(42)36-60-32-40-23-15-8-16-24-40)48(57)51-43(28-38-19-11-6-12-20-38)45(55)46-50-25-26-53(46)35-59-31-39-21-13-7-14-22-39/h5,7-10,13-18,21-26,30,34,38,41,43-45,55H,3-4,6,11-12,19-20,27-29,31-33,35-36H2,1-2H3,(H,51,57)(H,52,56)/t41?,43-,44-,45+/m0/s1. The number of nitrogens with one attached hydrogen (secondary N) is 2. The van der Waals surface area contributed by atoms with Gasteiger partial charge in [0.25, 0.3) is 0 Å². The maximum absolute atomic E-state index is 14.9. The fourth-order valence-corrected chi connectivity index (χ4v) is 10.1. The molecule has 15 heteroatoms. The van der Waals surface area contributed by atoms with Crippen LogP contribution in [0.15, 0.2) is 116 Å². The monoisotopic (exact) mass is 882 g/mol. The van der Waals surface area contributed by atoms with Gasteiger partial charge in [-0.3, -0.25) is 14.2 Å². The van der Waals surface area contributed by atoms with Crippen LogP contribution >= 0.6 is 7.60 Å². The summed E-state index contributed by atoms with van der Waals surface area (Å²) in [6.45, 7) is 4.79. The normalized spacial score (nSPS) is 15.3. The van der Waals surface area contributed by atoms with Gasteiger partial charge in [-0.25, -0.2) is 9.97 Å². The molecule has 0 spiro atoms. The third-order valence-electron chi connectivity index (χ3n) is 11.4. The number of aliphatic hydroxyl groups is 1. The first-order valence-corrected chi connectivity index (χ1v) is 23.9. The lowest BCUT2D eigenvalue weighted by molar-refractivity contribution is -0.131. The first-order chi connectivity index (χ1) is 30.7. The predicted molar refractivity (Wildman–Crippen MR) is 240 cm³/mol. The Morgan fingerprint density at radius 2 is 1.37 bits per heavy atom. The average Bonchev–Trinajstić information content (AvgIpc) is 3.96. The van der Waals surface area contributed by atoms with Crippen molar-refractivity contribution >= 4 is 19.4 Å². The number of hydrogen-bond donors (Lipinski definition) is 3. The number of rotatable bonds is 26. The van der Waals surface area contributed by atoms with Crippen molar-refractivity contribution < 1.29 is 37.8 Å². The molecule has 338 valence electrons. The molecule has 63 heavy (non-hydrogen) atoms. The molecule has 6 rings (SSSR count). The zero-order valence-electron chi connectivity index (χ0n) is 36.5. The molecule has 1 aliphatic rings. The summed E-state index contributed by atoms with van der Waals surface area (Å²) in [6, 6.07) is 27.2. The zero-order chi connectivity index (χ0) is 44.3. The van der Waals surface area contributed by atoms with E-state index in [4.69, 9.17) is 18.5 Å². The number of carbonyl (C=O) groups excluding carboxylic acids is 2. The SMILES string of the molecule is CCOP(=O)(CC(Cc1ccccc1)C(=O)N[C@@H](Cc1cncn1COCc1ccccc1)C(=O)N[C@@H](CC1CCCCC1)[C@@H](O)c1nccn1COCc1ccccc1)OCC. The number of benzene rings is 3. The summed E-state index contributed by atoms with van der Waals surface area (Å²) in [5.74, 6) is -1.22. The summed E-state index contributed by atoms with van der Waals surface area (Å²) in [5, 5.41) is 18.4. The smallest absolute Gasteiger partial charge is 0.331 e. The molecule has 2 amide bonds. The maximum atomic E-state index is 14.9. The van der Waals surface area contributed by atoms with Crippen LogP contribution in [-0.4, -0.2) is 67.5 Å². The molecule has 3 aromatic carbocycles. The van der Waals surface area contributed by atoms with Gasteiger partial charge in [0.2, 0.25) is 11.8 Å². The van der Waals surface area contributed by atoms with E-state index in [9.17, 15) is 19.3 Å². The number of nitrogens with zero attached hydrogens (tertiary/aromatic N) is 4. The van der Waals surface area contributed by atoms with Gasteiger partial charge < -0.3 is 43.4 Å². The summed E-state index contributed by atoms with van der Waals surface area (Å²) in [6.07, 6.45) is 11.3. The molecule has 0 aliphatic heterocycles. The first-order valence-electron chi connectivity index (χ1n) is 22.2. The molecule has 0 saturated heterocycles. The number of aliphatic hydroxyl groups excluding tert-OH is 1. The van der Waals surface area contributed by atoms with Crippen molar-refractivity contribution in [2.45, 2.75) is 110 Å². The van der Waals surface area contributed by atoms with Crippen LogP contribution in [0, 0.1) is 11.8 Å². The molecule has 14 nitrogen and oxygen atoms in total. The molecule has 0 radical (unpaired) electrons. The number of aromatic nitrogens is 4.